The number of nitrogens with zero attached hydrogens (tertiary/aromatic N) is 1. The number of nitrogens with one attached hydrogen (secondary N) is 1. The molecule has 102 valence electrons. The molecule has 0 spiro atoms. The fraction of sp³-hybridized carbons (Fsp3) is 0.929. The summed E-state index contributed by atoms with van der Waals surface area (Å²) in [6.07, 6.45) is 6.21. The molecule has 0 amide bonds. The number of rotatable bonds is 4. The Balaban J connectivity index is 1.65. The van der Waals surface area contributed by atoms with Crippen molar-refractivity contribution in [3.8, 4) is 0 Å². The third-order valence-corrected chi connectivity index (χ3v) is 4.93. The van der Waals surface area contributed by atoms with Gasteiger partial charge < -0.3 is 10.0 Å². The third kappa shape index (κ3) is 2.28. The van der Waals surface area contributed by atoms with Crippen molar-refractivity contribution < 1.29 is 9.90 Å². The van der Waals surface area contributed by atoms with Gasteiger partial charge >= 0.3 is 5.97 Å². The number of carboxylic acids is 1. The molecular weight excluding hydrogens is 228 g/mol. The molecule has 3 rings (SSSR count). The van der Waals surface area contributed by atoms with Gasteiger partial charge in [0, 0.05) is 18.6 Å². The predicted octanol–water partition coefficient (Wildman–Crippen LogP) is 1.46. The van der Waals surface area contributed by atoms with E-state index in [4.69, 9.17) is 0 Å². The van der Waals surface area contributed by atoms with Crippen LogP contribution < -0.4 is 5.32 Å². The highest BCUT2D eigenvalue weighted by Gasteiger charge is 2.49. The maximum Gasteiger partial charge on any atom is 0.323 e. The maximum absolute atomic E-state index is 11.6. The standard InChI is InChI=1S/C14H24N2O2/c1-10-5-7-16(9-10)12-4-6-14(8-12,13(17)18)15-11-2-3-11/h10-12,15H,2-9H2,1H3,(H,17,18). The van der Waals surface area contributed by atoms with Gasteiger partial charge in [0.05, 0.1) is 0 Å². The fourth-order valence-corrected chi connectivity index (χ4v) is 3.64. The highest BCUT2D eigenvalue weighted by atomic mass is 16.4. The maximum atomic E-state index is 11.6. The minimum atomic E-state index is -0.635. The summed E-state index contributed by atoms with van der Waals surface area (Å²) < 4.78 is 0. The minimum absolute atomic E-state index is 0.470. The van der Waals surface area contributed by atoms with Crippen LogP contribution in [0.1, 0.15) is 45.4 Å². The lowest BCUT2D eigenvalue weighted by Crippen LogP contribution is -2.52. The van der Waals surface area contributed by atoms with Crippen molar-refractivity contribution in [3.05, 3.63) is 0 Å². The van der Waals surface area contributed by atoms with Crippen LogP contribution in [0.25, 0.3) is 0 Å². The van der Waals surface area contributed by atoms with Gasteiger partial charge in [-0.25, -0.2) is 0 Å². The Hall–Kier alpha value is -0.610. The summed E-state index contributed by atoms with van der Waals surface area (Å²) in [5, 5.41) is 13.0. The summed E-state index contributed by atoms with van der Waals surface area (Å²) in [6, 6.07) is 0.953. The van der Waals surface area contributed by atoms with Gasteiger partial charge in [-0.15, -0.1) is 0 Å². The number of carbonyl (C=O) groups is 1. The summed E-state index contributed by atoms with van der Waals surface area (Å²) in [5.41, 5.74) is -0.627. The average molecular weight is 252 g/mol. The summed E-state index contributed by atoms with van der Waals surface area (Å²) in [5.74, 6) is 0.144. The molecule has 3 aliphatic rings. The normalized spacial score (nSPS) is 41.4. The number of hydrogen-bond donors (Lipinski definition) is 2. The van der Waals surface area contributed by atoms with Crippen LogP contribution in [0.2, 0.25) is 0 Å². The van der Waals surface area contributed by atoms with Crippen molar-refractivity contribution >= 4 is 5.97 Å². The smallest absolute Gasteiger partial charge is 0.323 e. The zero-order valence-corrected chi connectivity index (χ0v) is 11.2. The second-order valence-electron chi connectivity index (χ2n) is 6.59. The van der Waals surface area contributed by atoms with E-state index in [0.717, 1.165) is 51.1 Å². The first-order valence-corrected chi connectivity index (χ1v) is 7.34. The van der Waals surface area contributed by atoms with E-state index in [0.29, 0.717) is 12.1 Å². The van der Waals surface area contributed by atoms with E-state index in [9.17, 15) is 9.90 Å². The molecular formula is C14H24N2O2. The van der Waals surface area contributed by atoms with Crippen LogP contribution in [0.15, 0.2) is 0 Å². The van der Waals surface area contributed by atoms with Crippen molar-refractivity contribution in [1.29, 1.82) is 0 Å². The van der Waals surface area contributed by atoms with Gasteiger partial charge in [0.15, 0.2) is 0 Å². The summed E-state index contributed by atoms with van der Waals surface area (Å²) >= 11 is 0. The third-order valence-electron chi connectivity index (χ3n) is 4.93. The van der Waals surface area contributed by atoms with Gasteiger partial charge in [0.1, 0.15) is 5.54 Å². The molecule has 2 N–H and O–H groups in total. The first-order chi connectivity index (χ1) is 8.59. The van der Waals surface area contributed by atoms with E-state index < -0.39 is 11.5 Å². The van der Waals surface area contributed by atoms with Crippen molar-refractivity contribution in [2.45, 2.75) is 63.1 Å². The van der Waals surface area contributed by atoms with Crippen LogP contribution >= 0.6 is 0 Å². The quantitative estimate of drug-likeness (QED) is 0.795. The van der Waals surface area contributed by atoms with Crippen molar-refractivity contribution in [3.63, 3.8) is 0 Å². The van der Waals surface area contributed by atoms with E-state index in [2.05, 4.69) is 17.1 Å². The van der Waals surface area contributed by atoms with Crippen LogP contribution in [0.5, 0.6) is 0 Å². The molecule has 2 aliphatic carbocycles. The van der Waals surface area contributed by atoms with E-state index in [1.165, 1.54) is 6.42 Å². The van der Waals surface area contributed by atoms with Gasteiger partial charge in [0.2, 0.25) is 0 Å². The number of hydrogen-bond acceptors (Lipinski definition) is 3. The molecule has 18 heavy (non-hydrogen) atoms. The van der Waals surface area contributed by atoms with Crippen LogP contribution in [0, 0.1) is 5.92 Å². The van der Waals surface area contributed by atoms with Crippen LogP contribution in [-0.4, -0.2) is 46.7 Å². The van der Waals surface area contributed by atoms with Crippen LogP contribution in [0.3, 0.4) is 0 Å². The molecule has 3 fully saturated rings. The van der Waals surface area contributed by atoms with Crippen LogP contribution in [0.4, 0.5) is 0 Å². The Morgan fingerprint density at radius 1 is 1.33 bits per heavy atom. The number of likely N-dealkylation sites (tertiary alicyclic amines) is 1. The molecule has 0 aromatic heterocycles. The molecule has 1 saturated heterocycles. The molecule has 3 atom stereocenters. The second-order valence-corrected chi connectivity index (χ2v) is 6.59. The van der Waals surface area contributed by atoms with E-state index in [1.807, 2.05) is 0 Å². The molecule has 1 aliphatic heterocycles. The summed E-state index contributed by atoms with van der Waals surface area (Å²) in [4.78, 5) is 14.1. The molecule has 0 aromatic carbocycles. The number of aliphatic carboxylic acids is 1. The van der Waals surface area contributed by atoms with E-state index in [1.54, 1.807) is 0 Å². The minimum Gasteiger partial charge on any atom is -0.480 e. The molecule has 2 saturated carbocycles. The topological polar surface area (TPSA) is 52.6 Å². The van der Waals surface area contributed by atoms with Gasteiger partial charge in [-0.3, -0.25) is 10.1 Å². The van der Waals surface area contributed by atoms with E-state index in [-0.39, 0.29) is 0 Å². The van der Waals surface area contributed by atoms with E-state index >= 15 is 0 Å². The molecule has 0 bridgehead atoms. The molecule has 0 radical (unpaired) electrons. The molecule has 0 aromatic rings. The highest BCUT2D eigenvalue weighted by molar-refractivity contribution is 5.79. The molecule has 4 nitrogen and oxygen atoms in total. The summed E-state index contributed by atoms with van der Waals surface area (Å²) in [6.45, 7) is 4.61. The lowest BCUT2D eigenvalue weighted by atomic mass is 9.97. The molecule has 4 heteroatoms. The van der Waals surface area contributed by atoms with Crippen LogP contribution in [-0.2, 0) is 4.79 Å². The second kappa shape index (κ2) is 4.49. The molecule has 1 heterocycles. The van der Waals surface area contributed by atoms with Crippen molar-refractivity contribution in [1.82, 2.24) is 10.2 Å². The highest BCUT2D eigenvalue weighted by Crippen LogP contribution is 2.38. The predicted molar refractivity (Wildman–Crippen MR) is 69.5 cm³/mol. The monoisotopic (exact) mass is 252 g/mol. The first-order valence-electron chi connectivity index (χ1n) is 7.34. The zero-order valence-electron chi connectivity index (χ0n) is 11.2. The first kappa shape index (κ1) is 12.4. The average Bonchev–Trinajstić information content (AvgIpc) is 2.85. The SMILES string of the molecule is CC1CCN(C2CCC(NC3CC3)(C(=O)O)C2)C1. The van der Waals surface area contributed by atoms with Gasteiger partial charge in [0.25, 0.3) is 0 Å². The Kier molecular flexibility index (Phi) is 3.10. The van der Waals surface area contributed by atoms with Gasteiger partial charge in [-0.2, -0.15) is 0 Å². The fourth-order valence-electron chi connectivity index (χ4n) is 3.64. The lowest BCUT2D eigenvalue weighted by Gasteiger charge is -2.28. The van der Waals surface area contributed by atoms with Gasteiger partial charge in [-0.1, -0.05) is 6.92 Å². The Morgan fingerprint density at radius 3 is 2.67 bits per heavy atom. The van der Waals surface area contributed by atoms with Crippen molar-refractivity contribution in [2.75, 3.05) is 13.1 Å². The lowest BCUT2D eigenvalue weighted by molar-refractivity contribution is -0.145. The Morgan fingerprint density at radius 2 is 2.11 bits per heavy atom. The van der Waals surface area contributed by atoms with Crippen molar-refractivity contribution in [2.24, 2.45) is 5.92 Å². The Bertz CT molecular complexity index is 343. The van der Waals surface area contributed by atoms with Gasteiger partial charge in [-0.05, 0) is 51.0 Å². The molecule has 3 unspecified atom stereocenters. The number of carboxylic acid groups (broad SMARTS) is 1. The largest absolute Gasteiger partial charge is 0.480 e. The zero-order chi connectivity index (χ0) is 12.8. The summed E-state index contributed by atoms with van der Waals surface area (Å²) in [7, 11) is 0. The Labute approximate surface area is 109 Å².